The molecule has 0 aromatic heterocycles. The van der Waals surface area contributed by atoms with Crippen molar-refractivity contribution in [1.82, 2.24) is 5.06 Å². The molecule has 1 atom stereocenters. The van der Waals surface area contributed by atoms with Gasteiger partial charge in [-0.2, -0.15) is 0 Å². The van der Waals surface area contributed by atoms with Crippen LogP contribution in [0.3, 0.4) is 0 Å². The summed E-state index contributed by atoms with van der Waals surface area (Å²) in [5.74, 6) is 0. The molecule has 0 aliphatic carbocycles. The number of rotatable bonds is 3. The SMILES string of the molecule is CC1=C(C)N(Cc2ccc(C)cc2)OC1c1ccc(C)cc1. The van der Waals surface area contributed by atoms with Gasteiger partial charge in [-0.3, -0.25) is 9.90 Å². The highest BCUT2D eigenvalue weighted by Crippen LogP contribution is 2.37. The van der Waals surface area contributed by atoms with Crippen LogP contribution in [0.15, 0.2) is 59.8 Å². The van der Waals surface area contributed by atoms with Crippen molar-refractivity contribution in [3.8, 4) is 0 Å². The van der Waals surface area contributed by atoms with Crippen LogP contribution >= 0.6 is 0 Å². The molecule has 0 fully saturated rings. The van der Waals surface area contributed by atoms with Gasteiger partial charge in [0.2, 0.25) is 0 Å². The van der Waals surface area contributed by atoms with Gasteiger partial charge in [-0.25, -0.2) is 0 Å². The van der Waals surface area contributed by atoms with Crippen LogP contribution in [0.1, 0.15) is 42.2 Å². The van der Waals surface area contributed by atoms with E-state index in [-0.39, 0.29) is 6.10 Å². The first-order chi connectivity index (χ1) is 10.5. The van der Waals surface area contributed by atoms with E-state index in [2.05, 4.69) is 76.2 Å². The largest absolute Gasteiger partial charge is 0.261 e. The number of hydroxylamine groups is 2. The molecule has 0 bridgehead atoms. The second-order valence-electron chi connectivity index (χ2n) is 6.19. The number of hydrogen-bond donors (Lipinski definition) is 0. The third-order valence-electron chi connectivity index (χ3n) is 4.40. The Labute approximate surface area is 133 Å². The number of benzene rings is 2. The van der Waals surface area contributed by atoms with Crippen molar-refractivity contribution in [3.05, 3.63) is 82.1 Å². The summed E-state index contributed by atoms with van der Waals surface area (Å²) >= 11 is 0. The minimum absolute atomic E-state index is 0.0334. The summed E-state index contributed by atoms with van der Waals surface area (Å²) in [6, 6.07) is 17.2. The lowest BCUT2D eigenvalue weighted by molar-refractivity contribution is -0.147. The van der Waals surface area contributed by atoms with Crippen LogP contribution in [0.4, 0.5) is 0 Å². The zero-order valence-electron chi connectivity index (χ0n) is 13.8. The molecule has 114 valence electrons. The van der Waals surface area contributed by atoms with Gasteiger partial charge < -0.3 is 0 Å². The van der Waals surface area contributed by atoms with E-state index in [0.717, 1.165) is 6.54 Å². The van der Waals surface area contributed by atoms with E-state index in [9.17, 15) is 0 Å². The molecule has 2 aromatic carbocycles. The van der Waals surface area contributed by atoms with Crippen molar-refractivity contribution in [2.45, 2.75) is 40.3 Å². The van der Waals surface area contributed by atoms with Gasteiger partial charge in [0.25, 0.3) is 0 Å². The van der Waals surface area contributed by atoms with Crippen molar-refractivity contribution >= 4 is 0 Å². The number of aryl methyl sites for hydroxylation is 2. The average molecular weight is 293 g/mol. The maximum Gasteiger partial charge on any atom is 0.133 e. The second kappa shape index (κ2) is 5.98. The highest BCUT2D eigenvalue weighted by Gasteiger charge is 2.28. The molecule has 2 heteroatoms. The van der Waals surface area contributed by atoms with Crippen LogP contribution in [-0.2, 0) is 11.4 Å². The van der Waals surface area contributed by atoms with Crippen molar-refractivity contribution < 1.29 is 4.84 Å². The van der Waals surface area contributed by atoms with E-state index in [0.29, 0.717) is 0 Å². The van der Waals surface area contributed by atoms with E-state index in [1.165, 1.54) is 33.5 Å². The molecule has 0 N–H and O–H groups in total. The molecular formula is C20H23NO. The molecule has 1 aliphatic rings. The van der Waals surface area contributed by atoms with Gasteiger partial charge in [0.1, 0.15) is 6.10 Å². The van der Waals surface area contributed by atoms with Crippen LogP contribution < -0.4 is 0 Å². The van der Waals surface area contributed by atoms with Crippen molar-refractivity contribution in [2.24, 2.45) is 0 Å². The first kappa shape index (κ1) is 14.9. The zero-order chi connectivity index (χ0) is 15.7. The van der Waals surface area contributed by atoms with Gasteiger partial charge in [0.15, 0.2) is 0 Å². The Morgan fingerprint density at radius 2 is 1.36 bits per heavy atom. The minimum Gasteiger partial charge on any atom is -0.261 e. The Kier molecular flexibility index (Phi) is 4.04. The highest BCUT2D eigenvalue weighted by molar-refractivity contribution is 5.32. The highest BCUT2D eigenvalue weighted by atomic mass is 16.7. The molecule has 0 spiro atoms. The molecule has 22 heavy (non-hydrogen) atoms. The normalized spacial score (nSPS) is 18.2. The summed E-state index contributed by atoms with van der Waals surface area (Å²) in [6.45, 7) is 9.30. The van der Waals surface area contributed by atoms with Gasteiger partial charge in [0.05, 0.1) is 6.54 Å². The molecule has 0 radical (unpaired) electrons. The van der Waals surface area contributed by atoms with Gasteiger partial charge in [-0.1, -0.05) is 59.7 Å². The zero-order valence-corrected chi connectivity index (χ0v) is 13.8. The Hall–Kier alpha value is -2.06. The van der Waals surface area contributed by atoms with Gasteiger partial charge in [-0.15, -0.1) is 0 Å². The maximum absolute atomic E-state index is 6.21. The van der Waals surface area contributed by atoms with Gasteiger partial charge >= 0.3 is 0 Å². The maximum atomic E-state index is 6.21. The Morgan fingerprint density at radius 3 is 1.95 bits per heavy atom. The Bertz CT molecular complexity index is 683. The second-order valence-corrected chi connectivity index (χ2v) is 6.19. The van der Waals surface area contributed by atoms with Crippen LogP contribution in [0.25, 0.3) is 0 Å². The first-order valence-corrected chi connectivity index (χ1v) is 7.78. The molecule has 2 nitrogen and oxygen atoms in total. The summed E-state index contributed by atoms with van der Waals surface area (Å²) in [5.41, 5.74) is 7.54. The monoisotopic (exact) mass is 293 g/mol. The van der Waals surface area contributed by atoms with Crippen molar-refractivity contribution in [2.75, 3.05) is 0 Å². The smallest absolute Gasteiger partial charge is 0.133 e. The summed E-state index contributed by atoms with van der Waals surface area (Å²) < 4.78 is 0. The fourth-order valence-electron chi connectivity index (χ4n) is 2.74. The minimum atomic E-state index is 0.0334. The van der Waals surface area contributed by atoms with Crippen LogP contribution in [0, 0.1) is 13.8 Å². The summed E-state index contributed by atoms with van der Waals surface area (Å²) in [5, 5.41) is 2.02. The molecule has 1 unspecified atom stereocenters. The number of allylic oxidation sites excluding steroid dienone is 1. The van der Waals surface area contributed by atoms with E-state index >= 15 is 0 Å². The van der Waals surface area contributed by atoms with Gasteiger partial charge in [-0.05, 0) is 44.4 Å². The van der Waals surface area contributed by atoms with Crippen LogP contribution in [-0.4, -0.2) is 5.06 Å². The van der Waals surface area contributed by atoms with Crippen molar-refractivity contribution in [3.63, 3.8) is 0 Å². The molecule has 0 saturated heterocycles. The summed E-state index contributed by atoms with van der Waals surface area (Å²) in [4.78, 5) is 6.21. The number of hydrogen-bond acceptors (Lipinski definition) is 2. The summed E-state index contributed by atoms with van der Waals surface area (Å²) in [7, 11) is 0. The molecule has 0 amide bonds. The average Bonchev–Trinajstić information content (AvgIpc) is 2.79. The van der Waals surface area contributed by atoms with Gasteiger partial charge in [0, 0.05) is 5.70 Å². The number of nitrogens with zero attached hydrogens (tertiary/aromatic N) is 1. The fraction of sp³-hybridized carbons (Fsp3) is 0.300. The summed E-state index contributed by atoms with van der Waals surface area (Å²) in [6.07, 6.45) is 0.0334. The molecule has 3 rings (SSSR count). The molecule has 2 aromatic rings. The lowest BCUT2D eigenvalue weighted by Crippen LogP contribution is -2.17. The van der Waals surface area contributed by atoms with Crippen LogP contribution in [0.5, 0.6) is 0 Å². The predicted octanol–water partition coefficient (Wildman–Crippen LogP) is 5.09. The molecule has 0 saturated carbocycles. The van der Waals surface area contributed by atoms with Crippen LogP contribution in [0.2, 0.25) is 0 Å². The van der Waals surface area contributed by atoms with Crippen molar-refractivity contribution in [1.29, 1.82) is 0 Å². The Morgan fingerprint density at radius 1 is 0.818 bits per heavy atom. The molecule has 1 heterocycles. The standard InChI is InChI=1S/C20H23NO/c1-14-5-9-18(10-6-14)13-21-17(4)16(3)20(22-21)19-11-7-15(2)8-12-19/h5-12,20H,13H2,1-4H3. The lowest BCUT2D eigenvalue weighted by Gasteiger charge is -2.21. The predicted molar refractivity (Wildman–Crippen MR) is 90.1 cm³/mol. The topological polar surface area (TPSA) is 12.5 Å². The van der Waals surface area contributed by atoms with E-state index in [1.54, 1.807) is 0 Å². The quantitative estimate of drug-likeness (QED) is 0.782. The lowest BCUT2D eigenvalue weighted by atomic mass is 10.0. The Balaban J connectivity index is 1.78. The third-order valence-corrected chi connectivity index (χ3v) is 4.40. The first-order valence-electron chi connectivity index (χ1n) is 7.78. The van der Waals surface area contributed by atoms with E-state index in [1.807, 2.05) is 5.06 Å². The van der Waals surface area contributed by atoms with E-state index in [4.69, 9.17) is 4.84 Å². The van der Waals surface area contributed by atoms with E-state index < -0.39 is 0 Å². The molecule has 1 aliphatic heterocycles. The molecular weight excluding hydrogens is 270 g/mol. The third kappa shape index (κ3) is 2.93. The fourth-order valence-corrected chi connectivity index (χ4v) is 2.74.